The van der Waals surface area contributed by atoms with Gasteiger partial charge in [-0.15, -0.1) is 5.10 Å². The van der Waals surface area contributed by atoms with Crippen molar-refractivity contribution in [1.29, 1.82) is 0 Å². The molecule has 8 heteroatoms. The van der Waals surface area contributed by atoms with Crippen LogP contribution in [0, 0.1) is 0 Å². The first-order valence-electron chi connectivity index (χ1n) is 6.91. The lowest BCUT2D eigenvalue weighted by Gasteiger charge is -2.25. The summed E-state index contributed by atoms with van der Waals surface area (Å²) in [4.78, 5) is 19.3. The van der Waals surface area contributed by atoms with Gasteiger partial charge in [-0.2, -0.15) is 0 Å². The number of aromatic nitrogens is 3. The van der Waals surface area contributed by atoms with Gasteiger partial charge in [-0.1, -0.05) is 0 Å². The minimum Gasteiger partial charge on any atom is -0.465 e. The molecule has 2 saturated heterocycles. The normalized spacial score (nSPS) is 24.8. The number of fused-ring (bicyclic) bond motifs is 2. The average Bonchev–Trinajstić information content (AvgIpc) is 3.13. The van der Waals surface area contributed by atoms with Crippen molar-refractivity contribution in [3.05, 3.63) is 22.9 Å². The van der Waals surface area contributed by atoms with Gasteiger partial charge in [0.25, 0.3) is 0 Å². The lowest BCUT2D eigenvalue weighted by molar-refractivity contribution is 0.140. The Balaban J connectivity index is 1.67. The van der Waals surface area contributed by atoms with Gasteiger partial charge in [0.15, 0.2) is 5.65 Å². The topological polar surface area (TPSA) is 74.0 Å². The van der Waals surface area contributed by atoms with E-state index < -0.39 is 6.09 Å². The summed E-state index contributed by atoms with van der Waals surface area (Å²) >= 11 is 3.43. The molecule has 7 nitrogen and oxygen atoms in total. The largest absolute Gasteiger partial charge is 0.465 e. The molecule has 1 N–H and O–H groups in total. The highest BCUT2D eigenvalue weighted by Gasteiger charge is 2.45. The van der Waals surface area contributed by atoms with E-state index in [2.05, 4.69) is 30.9 Å². The van der Waals surface area contributed by atoms with Crippen LogP contribution < -0.4 is 4.90 Å². The van der Waals surface area contributed by atoms with Gasteiger partial charge in [-0.3, -0.25) is 0 Å². The van der Waals surface area contributed by atoms with Crippen LogP contribution in [0.4, 0.5) is 10.6 Å². The van der Waals surface area contributed by atoms with E-state index in [1.165, 1.54) is 0 Å². The van der Waals surface area contributed by atoms with E-state index in [1.54, 1.807) is 15.6 Å². The quantitative estimate of drug-likeness (QED) is 0.848. The molecule has 4 rings (SSSR count). The number of halogens is 1. The van der Waals surface area contributed by atoms with Gasteiger partial charge in [0.05, 0.1) is 18.3 Å². The number of nitrogens with zero attached hydrogens (tertiary/aromatic N) is 5. The molecule has 0 aliphatic carbocycles. The molecule has 0 spiro atoms. The molecule has 0 radical (unpaired) electrons. The van der Waals surface area contributed by atoms with Crippen molar-refractivity contribution in [3.63, 3.8) is 0 Å². The lowest BCUT2D eigenvalue weighted by atomic mass is 10.1. The maximum atomic E-state index is 11.2. The molecule has 2 aliphatic heterocycles. The van der Waals surface area contributed by atoms with Crippen molar-refractivity contribution >= 4 is 33.5 Å². The van der Waals surface area contributed by atoms with Crippen LogP contribution in [0.2, 0.25) is 0 Å². The van der Waals surface area contributed by atoms with Gasteiger partial charge in [0, 0.05) is 13.1 Å². The maximum absolute atomic E-state index is 11.2. The number of carboxylic acid groups (broad SMARTS) is 1. The van der Waals surface area contributed by atoms with Crippen molar-refractivity contribution in [2.24, 2.45) is 0 Å². The van der Waals surface area contributed by atoms with Crippen LogP contribution in [0.15, 0.2) is 22.9 Å². The Kier molecular flexibility index (Phi) is 2.81. The second-order valence-electron chi connectivity index (χ2n) is 5.42. The number of likely N-dealkylation sites (tertiary alicyclic amines) is 1. The molecular formula is C13H14BrN5O2. The summed E-state index contributed by atoms with van der Waals surface area (Å²) < 4.78 is 2.57. The Morgan fingerprint density at radius 1 is 1.29 bits per heavy atom. The Labute approximate surface area is 129 Å². The van der Waals surface area contributed by atoms with Crippen LogP contribution in [-0.4, -0.2) is 55.9 Å². The average molecular weight is 352 g/mol. The molecule has 110 valence electrons. The van der Waals surface area contributed by atoms with Crippen LogP contribution in [0.5, 0.6) is 0 Å². The molecule has 2 aliphatic rings. The molecule has 1 amide bonds. The van der Waals surface area contributed by atoms with E-state index in [-0.39, 0.29) is 12.1 Å². The zero-order valence-corrected chi connectivity index (χ0v) is 12.8. The summed E-state index contributed by atoms with van der Waals surface area (Å²) in [6.07, 6.45) is 2.63. The molecule has 2 aromatic rings. The molecule has 2 atom stereocenters. The Hall–Kier alpha value is -1.83. The van der Waals surface area contributed by atoms with E-state index in [4.69, 9.17) is 0 Å². The molecule has 0 saturated carbocycles. The number of anilines is 1. The van der Waals surface area contributed by atoms with E-state index in [9.17, 15) is 9.90 Å². The molecule has 2 fully saturated rings. The molecule has 0 bridgehead atoms. The first-order chi connectivity index (χ1) is 10.1. The number of imidazole rings is 1. The fourth-order valence-electron chi connectivity index (χ4n) is 3.50. The molecule has 0 aromatic carbocycles. The molecule has 4 heterocycles. The number of rotatable bonds is 1. The summed E-state index contributed by atoms with van der Waals surface area (Å²) in [6, 6.07) is 4.21. The minimum atomic E-state index is -0.815. The fourth-order valence-corrected chi connectivity index (χ4v) is 3.86. The van der Waals surface area contributed by atoms with Crippen molar-refractivity contribution in [1.82, 2.24) is 19.5 Å². The Bertz CT molecular complexity index is 718. The standard InChI is InChI=1S/C13H14BrN5O2/c14-10-7-15-11-1-2-12(16-19(10)11)17-5-3-9-8(17)4-6-18(9)13(20)21/h1-2,7-9H,3-6H2,(H,20,21). The summed E-state index contributed by atoms with van der Waals surface area (Å²) in [5, 5.41) is 13.9. The second-order valence-corrected chi connectivity index (χ2v) is 6.24. The minimum absolute atomic E-state index is 0.0891. The van der Waals surface area contributed by atoms with Crippen LogP contribution >= 0.6 is 15.9 Å². The van der Waals surface area contributed by atoms with Crippen molar-refractivity contribution in [3.8, 4) is 0 Å². The number of amides is 1. The smallest absolute Gasteiger partial charge is 0.407 e. The Morgan fingerprint density at radius 2 is 2.10 bits per heavy atom. The predicted molar refractivity (Wildman–Crippen MR) is 79.6 cm³/mol. The zero-order chi connectivity index (χ0) is 14.6. The van der Waals surface area contributed by atoms with Gasteiger partial charge in [-0.05, 0) is 40.9 Å². The highest BCUT2D eigenvalue weighted by molar-refractivity contribution is 9.10. The third kappa shape index (κ3) is 1.89. The molecule has 2 aromatic heterocycles. The van der Waals surface area contributed by atoms with Gasteiger partial charge >= 0.3 is 6.09 Å². The number of carbonyl (C=O) groups is 1. The summed E-state index contributed by atoms with van der Waals surface area (Å²) in [5.74, 6) is 0.876. The monoisotopic (exact) mass is 351 g/mol. The maximum Gasteiger partial charge on any atom is 0.407 e. The second kappa shape index (κ2) is 4.59. The summed E-state index contributed by atoms with van der Waals surface area (Å²) in [5.41, 5.74) is 0.792. The summed E-state index contributed by atoms with van der Waals surface area (Å²) in [7, 11) is 0. The molecule has 21 heavy (non-hydrogen) atoms. The van der Waals surface area contributed by atoms with Gasteiger partial charge in [0.1, 0.15) is 10.4 Å². The van der Waals surface area contributed by atoms with Crippen LogP contribution in [0.3, 0.4) is 0 Å². The number of hydrogen-bond acceptors (Lipinski definition) is 4. The highest BCUT2D eigenvalue weighted by Crippen LogP contribution is 2.34. The first-order valence-corrected chi connectivity index (χ1v) is 7.71. The van der Waals surface area contributed by atoms with E-state index in [1.807, 2.05) is 12.1 Å². The van der Waals surface area contributed by atoms with E-state index in [0.29, 0.717) is 6.54 Å². The van der Waals surface area contributed by atoms with Crippen LogP contribution in [0.25, 0.3) is 5.65 Å². The van der Waals surface area contributed by atoms with Gasteiger partial charge in [-0.25, -0.2) is 14.3 Å². The zero-order valence-electron chi connectivity index (χ0n) is 11.2. The van der Waals surface area contributed by atoms with E-state index in [0.717, 1.165) is 35.5 Å². The van der Waals surface area contributed by atoms with Crippen LogP contribution in [-0.2, 0) is 0 Å². The van der Waals surface area contributed by atoms with E-state index >= 15 is 0 Å². The predicted octanol–water partition coefficient (Wildman–Crippen LogP) is 1.82. The molecule has 2 unspecified atom stereocenters. The van der Waals surface area contributed by atoms with Crippen molar-refractivity contribution in [2.45, 2.75) is 24.9 Å². The van der Waals surface area contributed by atoms with Crippen molar-refractivity contribution < 1.29 is 9.90 Å². The van der Waals surface area contributed by atoms with Crippen LogP contribution in [0.1, 0.15) is 12.8 Å². The van der Waals surface area contributed by atoms with Gasteiger partial charge < -0.3 is 14.9 Å². The first kappa shape index (κ1) is 12.9. The third-order valence-corrected chi connectivity index (χ3v) is 4.96. The summed E-state index contributed by atoms with van der Waals surface area (Å²) in [6.45, 7) is 1.45. The lowest BCUT2D eigenvalue weighted by Crippen LogP contribution is -2.39. The third-order valence-electron chi connectivity index (χ3n) is 4.42. The molecular weight excluding hydrogens is 338 g/mol. The number of hydrogen-bond donors (Lipinski definition) is 1. The van der Waals surface area contributed by atoms with Gasteiger partial charge in [0.2, 0.25) is 0 Å². The Morgan fingerprint density at radius 3 is 2.90 bits per heavy atom. The highest BCUT2D eigenvalue weighted by atomic mass is 79.9. The SMILES string of the molecule is O=C(O)N1CCC2C1CCN2c1ccc2ncc(Br)n2n1. The fraction of sp³-hybridized carbons (Fsp3) is 0.462. The van der Waals surface area contributed by atoms with Crippen molar-refractivity contribution in [2.75, 3.05) is 18.0 Å².